The molecule has 1 aromatic heterocycles. The summed E-state index contributed by atoms with van der Waals surface area (Å²) in [4.78, 5) is 0.392. The Hall–Kier alpha value is -0.850. The van der Waals surface area contributed by atoms with Gasteiger partial charge in [0.15, 0.2) is 0 Å². The molecule has 0 bridgehead atoms. The van der Waals surface area contributed by atoms with Crippen molar-refractivity contribution in [2.75, 3.05) is 13.6 Å². The van der Waals surface area contributed by atoms with Gasteiger partial charge in [0.05, 0.1) is 0 Å². The first-order valence-electron chi connectivity index (χ1n) is 6.89. The van der Waals surface area contributed by atoms with Gasteiger partial charge in [0, 0.05) is 38.1 Å². The van der Waals surface area contributed by atoms with Crippen molar-refractivity contribution in [2.24, 2.45) is 11.7 Å². The minimum absolute atomic E-state index is 0.387. The number of hydrogen-bond acceptors (Lipinski definition) is 3. The van der Waals surface area contributed by atoms with Gasteiger partial charge in [-0.05, 0) is 37.7 Å². The van der Waals surface area contributed by atoms with Crippen LogP contribution in [0, 0.1) is 5.92 Å². The third-order valence-electron chi connectivity index (χ3n) is 3.98. The molecule has 106 valence electrons. The number of hydrogen-bond donors (Lipinski definition) is 1. The van der Waals surface area contributed by atoms with E-state index in [4.69, 9.17) is 5.73 Å². The maximum Gasteiger partial charge on any atom is 0.244 e. The molecule has 0 saturated heterocycles. The third kappa shape index (κ3) is 2.57. The maximum atomic E-state index is 12.5. The molecule has 2 saturated carbocycles. The maximum absolute atomic E-state index is 12.5. The van der Waals surface area contributed by atoms with E-state index in [1.54, 1.807) is 19.3 Å². The van der Waals surface area contributed by atoms with Crippen LogP contribution in [0.2, 0.25) is 0 Å². The van der Waals surface area contributed by atoms with E-state index in [1.807, 2.05) is 4.57 Å². The lowest BCUT2D eigenvalue weighted by atomic mass is 10.4. The molecule has 2 fully saturated rings. The van der Waals surface area contributed by atoms with Gasteiger partial charge in [-0.25, -0.2) is 12.7 Å². The zero-order valence-electron chi connectivity index (χ0n) is 11.2. The second kappa shape index (κ2) is 4.61. The fourth-order valence-electron chi connectivity index (χ4n) is 2.44. The molecule has 1 aromatic rings. The van der Waals surface area contributed by atoms with Crippen molar-refractivity contribution in [3.05, 3.63) is 18.0 Å². The van der Waals surface area contributed by atoms with E-state index in [0.29, 0.717) is 29.9 Å². The second-order valence-corrected chi connectivity index (χ2v) is 7.78. The zero-order chi connectivity index (χ0) is 13.6. The Bertz CT molecular complexity index is 571. The predicted molar refractivity (Wildman–Crippen MR) is 73.1 cm³/mol. The summed E-state index contributed by atoms with van der Waals surface area (Å²) < 4.78 is 28.5. The quantitative estimate of drug-likeness (QED) is 0.856. The number of sulfonamides is 1. The summed E-state index contributed by atoms with van der Waals surface area (Å²) >= 11 is 0. The standard InChI is InChI=1S/C13H21N3O2S/c1-15(8-10-2-3-10)19(17,18)13-6-12(7-14)16(9-13)11-4-5-11/h6,9-11H,2-5,7-8,14H2,1H3. The Kier molecular flexibility index (Phi) is 3.19. The third-order valence-corrected chi connectivity index (χ3v) is 5.77. The molecule has 0 unspecified atom stereocenters. The Balaban J connectivity index is 1.86. The monoisotopic (exact) mass is 283 g/mol. The topological polar surface area (TPSA) is 68.3 Å². The first-order valence-corrected chi connectivity index (χ1v) is 8.33. The lowest BCUT2D eigenvalue weighted by Gasteiger charge is -2.15. The minimum Gasteiger partial charge on any atom is -0.346 e. The van der Waals surface area contributed by atoms with E-state index in [1.165, 1.54) is 4.31 Å². The van der Waals surface area contributed by atoms with Crippen LogP contribution < -0.4 is 5.73 Å². The smallest absolute Gasteiger partial charge is 0.244 e. The average molecular weight is 283 g/mol. The largest absolute Gasteiger partial charge is 0.346 e. The first-order chi connectivity index (χ1) is 9.02. The lowest BCUT2D eigenvalue weighted by Crippen LogP contribution is -2.28. The predicted octanol–water partition coefficient (Wildman–Crippen LogP) is 1.31. The molecule has 5 nitrogen and oxygen atoms in total. The number of rotatable bonds is 6. The van der Waals surface area contributed by atoms with Crippen molar-refractivity contribution in [3.8, 4) is 0 Å². The van der Waals surface area contributed by atoms with Crippen molar-refractivity contribution in [3.63, 3.8) is 0 Å². The Morgan fingerprint density at radius 2 is 2.05 bits per heavy atom. The molecule has 2 aliphatic rings. The molecule has 0 spiro atoms. The Morgan fingerprint density at radius 1 is 1.37 bits per heavy atom. The Labute approximate surface area is 114 Å². The number of aromatic nitrogens is 1. The highest BCUT2D eigenvalue weighted by molar-refractivity contribution is 7.89. The molecule has 0 amide bonds. The zero-order valence-corrected chi connectivity index (χ0v) is 12.1. The number of nitrogens with two attached hydrogens (primary N) is 1. The van der Waals surface area contributed by atoms with E-state index in [2.05, 4.69) is 0 Å². The molecule has 0 aliphatic heterocycles. The molecule has 0 atom stereocenters. The SMILES string of the molecule is CN(CC1CC1)S(=O)(=O)c1cc(CN)n(C2CC2)c1. The van der Waals surface area contributed by atoms with Crippen molar-refractivity contribution in [1.82, 2.24) is 8.87 Å². The molecule has 2 N–H and O–H groups in total. The van der Waals surface area contributed by atoms with Crippen LogP contribution in [0.4, 0.5) is 0 Å². The highest BCUT2D eigenvalue weighted by Gasteiger charge is 2.32. The van der Waals surface area contributed by atoms with Crippen molar-refractivity contribution < 1.29 is 8.42 Å². The second-order valence-electron chi connectivity index (χ2n) is 5.74. The molecular weight excluding hydrogens is 262 g/mol. The van der Waals surface area contributed by atoms with E-state index >= 15 is 0 Å². The summed E-state index contributed by atoms with van der Waals surface area (Å²) in [6.07, 6.45) is 6.31. The van der Waals surface area contributed by atoms with Crippen LogP contribution in [0.1, 0.15) is 37.4 Å². The van der Waals surface area contributed by atoms with Gasteiger partial charge in [0.25, 0.3) is 0 Å². The van der Waals surface area contributed by atoms with Crippen LogP contribution in [0.5, 0.6) is 0 Å². The molecular formula is C13H21N3O2S. The van der Waals surface area contributed by atoms with Gasteiger partial charge in [-0.3, -0.25) is 0 Å². The molecule has 2 aliphatic carbocycles. The van der Waals surface area contributed by atoms with Crippen LogP contribution in [-0.2, 0) is 16.6 Å². The van der Waals surface area contributed by atoms with Gasteiger partial charge in [0.2, 0.25) is 10.0 Å². The highest BCUT2D eigenvalue weighted by atomic mass is 32.2. The Morgan fingerprint density at radius 3 is 2.58 bits per heavy atom. The van der Waals surface area contributed by atoms with Crippen LogP contribution >= 0.6 is 0 Å². The van der Waals surface area contributed by atoms with Crippen molar-refractivity contribution in [2.45, 2.75) is 43.2 Å². The van der Waals surface area contributed by atoms with Gasteiger partial charge in [0.1, 0.15) is 4.90 Å². The summed E-state index contributed by atoms with van der Waals surface area (Å²) in [5.74, 6) is 0.555. The van der Waals surface area contributed by atoms with Crippen LogP contribution in [-0.4, -0.2) is 30.9 Å². The molecule has 6 heteroatoms. The highest BCUT2D eigenvalue weighted by Crippen LogP contribution is 2.38. The van der Waals surface area contributed by atoms with Crippen LogP contribution in [0.3, 0.4) is 0 Å². The van der Waals surface area contributed by atoms with Crippen LogP contribution in [0.25, 0.3) is 0 Å². The fourth-order valence-corrected chi connectivity index (χ4v) is 3.73. The average Bonchev–Trinajstić information content (AvgIpc) is 3.29. The normalized spacial score (nSPS) is 20.2. The molecule has 0 radical (unpaired) electrons. The fraction of sp³-hybridized carbons (Fsp3) is 0.692. The van der Waals surface area contributed by atoms with Gasteiger partial charge in [-0.2, -0.15) is 0 Å². The van der Waals surface area contributed by atoms with Gasteiger partial charge >= 0.3 is 0 Å². The summed E-state index contributed by atoms with van der Waals surface area (Å²) in [6.45, 7) is 1.02. The molecule has 19 heavy (non-hydrogen) atoms. The number of nitrogens with zero attached hydrogens (tertiary/aromatic N) is 2. The van der Waals surface area contributed by atoms with Crippen molar-refractivity contribution in [1.29, 1.82) is 0 Å². The molecule has 3 rings (SSSR count). The van der Waals surface area contributed by atoms with Gasteiger partial charge in [-0.1, -0.05) is 0 Å². The summed E-state index contributed by atoms with van der Waals surface area (Å²) in [5.41, 5.74) is 6.63. The van der Waals surface area contributed by atoms with Crippen molar-refractivity contribution >= 4 is 10.0 Å². The lowest BCUT2D eigenvalue weighted by molar-refractivity contribution is 0.452. The molecule has 1 heterocycles. The van der Waals surface area contributed by atoms with Gasteiger partial charge < -0.3 is 10.3 Å². The van der Waals surface area contributed by atoms with E-state index in [0.717, 1.165) is 31.4 Å². The van der Waals surface area contributed by atoms with Crippen LogP contribution in [0.15, 0.2) is 17.2 Å². The van der Waals surface area contributed by atoms with Gasteiger partial charge in [-0.15, -0.1) is 0 Å². The summed E-state index contributed by atoms with van der Waals surface area (Å²) in [6, 6.07) is 2.19. The minimum atomic E-state index is -3.35. The first kappa shape index (κ1) is 13.1. The molecule has 0 aromatic carbocycles. The summed E-state index contributed by atoms with van der Waals surface area (Å²) in [7, 11) is -1.68. The van der Waals surface area contributed by atoms with E-state index in [9.17, 15) is 8.42 Å². The summed E-state index contributed by atoms with van der Waals surface area (Å²) in [5, 5.41) is 0. The van der Waals surface area contributed by atoms with E-state index < -0.39 is 10.0 Å². The van der Waals surface area contributed by atoms with E-state index in [-0.39, 0.29) is 0 Å².